The molecule has 1 amide bonds. The lowest BCUT2D eigenvalue weighted by Crippen LogP contribution is -2.53. The van der Waals surface area contributed by atoms with Gasteiger partial charge in [-0.05, 0) is 43.0 Å². The van der Waals surface area contributed by atoms with Crippen molar-refractivity contribution in [1.82, 2.24) is 10.2 Å². The van der Waals surface area contributed by atoms with Gasteiger partial charge in [0.25, 0.3) is 0 Å². The zero-order valence-corrected chi connectivity index (χ0v) is 15.1. The molecule has 0 bridgehead atoms. The van der Waals surface area contributed by atoms with E-state index in [1.165, 1.54) is 17.7 Å². The van der Waals surface area contributed by atoms with E-state index < -0.39 is 0 Å². The van der Waals surface area contributed by atoms with Crippen LogP contribution >= 0.6 is 0 Å². The third kappa shape index (κ3) is 3.38. The molecule has 2 aromatic carbocycles. The van der Waals surface area contributed by atoms with Crippen molar-refractivity contribution in [3.05, 3.63) is 71.0 Å². The van der Waals surface area contributed by atoms with Crippen LogP contribution in [0, 0.1) is 12.7 Å². The quantitative estimate of drug-likeness (QED) is 0.918. The summed E-state index contributed by atoms with van der Waals surface area (Å²) in [5.74, 6) is 0.204. The minimum absolute atomic E-state index is 0.159. The SMILES string of the molecule is Cc1cccc(CC(=O)N2CCC[C@H]3NC[C@H](c4ccc(F)cc4)[C@H]32)c1. The Kier molecular flexibility index (Phi) is 4.77. The van der Waals surface area contributed by atoms with Gasteiger partial charge in [-0.2, -0.15) is 0 Å². The Morgan fingerprint density at radius 1 is 1.23 bits per heavy atom. The number of likely N-dealkylation sites (tertiary alicyclic amines) is 1. The van der Waals surface area contributed by atoms with Crippen molar-refractivity contribution in [2.24, 2.45) is 0 Å². The third-order valence-electron chi connectivity index (χ3n) is 5.75. The molecule has 26 heavy (non-hydrogen) atoms. The molecule has 1 N–H and O–H groups in total. The normalized spacial score (nSPS) is 25.2. The second-order valence-electron chi connectivity index (χ2n) is 7.56. The highest BCUT2D eigenvalue weighted by atomic mass is 19.1. The Morgan fingerprint density at radius 3 is 2.81 bits per heavy atom. The first kappa shape index (κ1) is 17.2. The molecule has 0 unspecified atom stereocenters. The summed E-state index contributed by atoms with van der Waals surface area (Å²) in [7, 11) is 0. The summed E-state index contributed by atoms with van der Waals surface area (Å²) in [5, 5.41) is 3.59. The fourth-order valence-corrected chi connectivity index (χ4v) is 4.55. The number of hydrogen-bond donors (Lipinski definition) is 1. The van der Waals surface area contributed by atoms with Crippen LogP contribution in [0.2, 0.25) is 0 Å². The van der Waals surface area contributed by atoms with Crippen LogP contribution in [0.15, 0.2) is 48.5 Å². The average molecular weight is 352 g/mol. The number of carbonyl (C=O) groups excluding carboxylic acids is 1. The number of piperidine rings is 1. The lowest BCUT2D eigenvalue weighted by molar-refractivity contribution is -0.134. The predicted molar refractivity (Wildman–Crippen MR) is 101 cm³/mol. The van der Waals surface area contributed by atoms with Gasteiger partial charge in [0, 0.05) is 25.0 Å². The fraction of sp³-hybridized carbons (Fsp3) is 0.409. The molecule has 3 atom stereocenters. The van der Waals surface area contributed by atoms with Crippen LogP contribution in [-0.2, 0) is 11.2 Å². The number of nitrogens with one attached hydrogen (secondary N) is 1. The summed E-state index contributed by atoms with van der Waals surface area (Å²) in [6, 6.07) is 15.4. The standard InChI is InChI=1S/C22H25FN2O/c1-15-4-2-5-16(12-15)13-21(26)25-11-3-6-20-22(25)19(14-24-20)17-7-9-18(23)10-8-17/h2,4-5,7-10,12,19-20,22,24H,3,6,11,13-14H2,1H3/t19-,20-,22-/m1/s1. The van der Waals surface area contributed by atoms with Crippen LogP contribution in [0.5, 0.6) is 0 Å². The fourth-order valence-electron chi connectivity index (χ4n) is 4.55. The van der Waals surface area contributed by atoms with Crippen LogP contribution in [-0.4, -0.2) is 36.0 Å². The van der Waals surface area contributed by atoms with E-state index in [4.69, 9.17) is 0 Å². The van der Waals surface area contributed by atoms with E-state index >= 15 is 0 Å². The monoisotopic (exact) mass is 352 g/mol. The minimum atomic E-state index is -0.215. The molecule has 2 heterocycles. The van der Waals surface area contributed by atoms with Crippen molar-refractivity contribution in [1.29, 1.82) is 0 Å². The molecule has 0 aliphatic carbocycles. The van der Waals surface area contributed by atoms with Gasteiger partial charge in [0.1, 0.15) is 5.82 Å². The topological polar surface area (TPSA) is 32.3 Å². The third-order valence-corrected chi connectivity index (χ3v) is 5.75. The van der Waals surface area contributed by atoms with Gasteiger partial charge in [-0.1, -0.05) is 42.0 Å². The first-order valence-corrected chi connectivity index (χ1v) is 9.46. The van der Waals surface area contributed by atoms with E-state index in [0.29, 0.717) is 12.5 Å². The molecule has 4 rings (SSSR count). The van der Waals surface area contributed by atoms with Crippen LogP contribution in [0.4, 0.5) is 4.39 Å². The molecule has 0 radical (unpaired) electrons. The van der Waals surface area contributed by atoms with Gasteiger partial charge in [0.2, 0.25) is 5.91 Å². The number of fused-ring (bicyclic) bond motifs is 1. The summed E-state index contributed by atoms with van der Waals surface area (Å²) in [6.07, 6.45) is 2.57. The number of hydrogen-bond acceptors (Lipinski definition) is 2. The highest BCUT2D eigenvalue weighted by Crippen LogP contribution is 2.35. The molecule has 3 nitrogen and oxygen atoms in total. The first-order valence-electron chi connectivity index (χ1n) is 9.46. The summed E-state index contributed by atoms with van der Waals surface area (Å²) in [4.78, 5) is 15.2. The van der Waals surface area contributed by atoms with Gasteiger partial charge >= 0.3 is 0 Å². The summed E-state index contributed by atoms with van der Waals surface area (Å²) < 4.78 is 13.3. The molecule has 136 valence electrons. The van der Waals surface area contributed by atoms with Gasteiger partial charge in [0.05, 0.1) is 12.5 Å². The van der Waals surface area contributed by atoms with E-state index in [1.54, 1.807) is 0 Å². The number of amides is 1. The Morgan fingerprint density at radius 2 is 2.04 bits per heavy atom. The molecule has 0 spiro atoms. The van der Waals surface area contributed by atoms with Gasteiger partial charge < -0.3 is 10.2 Å². The van der Waals surface area contributed by atoms with Crippen molar-refractivity contribution in [2.75, 3.05) is 13.1 Å². The highest BCUT2D eigenvalue weighted by molar-refractivity contribution is 5.79. The van der Waals surface area contributed by atoms with E-state index in [9.17, 15) is 9.18 Å². The maximum absolute atomic E-state index is 13.3. The number of aryl methyl sites for hydroxylation is 1. The second kappa shape index (κ2) is 7.20. The summed E-state index contributed by atoms with van der Waals surface area (Å²) >= 11 is 0. The van der Waals surface area contributed by atoms with Crippen molar-refractivity contribution in [3.63, 3.8) is 0 Å². The number of halogens is 1. The molecule has 4 heteroatoms. The van der Waals surface area contributed by atoms with Gasteiger partial charge in [-0.3, -0.25) is 4.79 Å². The summed E-state index contributed by atoms with van der Waals surface area (Å²) in [6.45, 7) is 3.71. The van der Waals surface area contributed by atoms with Crippen molar-refractivity contribution in [3.8, 4) is 0 Å². The van der Waals surface area contributed by atoms with Crippen molar-refractivity contribution in [2.45, 2.75) is 44.2 Å². The molecule has 0 saturated carbocycles. The number of rotatable bonds is 3. The van der Waals surface area contributed by atoms with E-state index in [2.05, 4.69) is 29.3 Å². The maximum atomic E-state index is 13.3. The second-order valence-corrected chi connectivity index (χ2v) is 7.56. The Labute approximate surface area is 154 Å². The Hall–Kier alpha value is -2.20. The zero-order valence-electron chi connectivity index (χ0n) is 15.1. The van der Waals surface area contributed by atoms with E-state index in [-0.39, 0.29) is 23.7 Å². The number of nitrogens with zero attached hydrogens (tertiary/aromatic N) is 1. The van der Waals surface area contributed by atoms with Crippen LogP contribution in [0.1, 0.15) is 35.4 Å². The van der Waals surface area contributed by atoms with E-state index in [0.717, 1.165) is 37.1 Å². The molecule has 2 fully saturated rings. The van der Waals surface area contributed by atoms with Crippen LogP contribution < -0.4 is 5.32 Å². The Balaban J connectivity index is 1.56. The Bertz CT molecular complexity index is 789. The molecule has 0 aromatic heterocycles. The zero-order chi connectivity index (χ0) is 18.1. The maximum Gasteiger partial charge on any atom is 0.227 e. The minimum Gasteiger partial charge on any atom is -0.337 e. The molecular formula is C22H25FN2O. The van der Waals surface area contributed by atoms with Gasteiger partial charge in [0.15, 0.2) is 0 Å². The molecular weight excluding hydrogens is 327 g/mol. The van der Waals surface area contributed by atoms with E-state index in [1.807, 2.05) is 24.3 Å². The highest BCUT2D eigenvalue weighted by Gasteiger charge is 2.44. The lowest BCUT2D eigenvalue weighted by Gasteiger charge is -2.40. The first-order chi connectivity index (χ1) is 12.6. The van der Waals surface area contributed by atoms with Crippen LogP contribution in [0.3, 0.4) is 0 Å². The number of benzene rings is 2. The molecule has 2 aliphatic rings. The molecule has 2 aliphatic heterocycles. The van der Waals surface area contributed by atoms with Gasteiger partial charge in [-0.25, -0.2) is 4.39 Å². The van der Waals surface area contributed by atoms with Gasteiger partial charge in [-0.15, -0.1) is 0 Å². The predicted octanol–water partition coefficient (Wildman–Crippen LogP) is 3.42. The molecule has 2 saturated heterocycles. The average Bonchev–Trinajstić information content (AvgIpc) is 3.06. The number of carbonyl (C=O) groups is 1. The molecule has 2 aromatic rings. The smallest absolute Gasteiger partial charge is 0.227 e. The van der Waals surface area contributed by atoms with Crippen molar-refractivity contribution < 1.29 is 9.18 Å². The van der Waals surface area contributed by atoms with Crippen molar-refractivity contribution >= 4 is 5.91 Å². The lowest BCUT2D eigenvalue weighted by atomic mass is 9.85. The van der Waals surface area contributed by atoms with Crippen LogP contribution in [0.25, 0.3) is 0 Å². The largest absolute Gasteiger partial charge is 0.337 e. The summed E-state index contributed by atoms with van der Waals surface area (Å²) in [5.41, 5.74) is 3.36.